The van der Waals surface area contributed by atoms with E-state index < -0.39 is 26.2 Å². The molecule has 0 aromatic heterocycles. The molecule has 0 amide bonds. The highest BCUT2D eigenvalue weighted by atomic mass is 32.2. The molecule has 0 unspecified atom stereocenters. The van der Waals surface area contributed by atoms with Gasteiger partial charge in [0.25, 0.3) is 0 Å². The third-order valence-electron chi connectivity index (χ3n) is 6.66. The number of aromatic hydroxyl groups is 1. The molecule has 36 heavy (non-hydrogen) atoms. The average molecular weight is 539 g/mol. The number of phenolic OH excluding ortho intramolecular Hbond substituents is 1. The van der Waals surface area contributed by atoms with E-state index in [2.05, 4.69) is 15.2 Å². The molecule has 0 saturated carbocycles. The summed E-state index contributed by atoms with van der Waals surface area (Å²) in [6, 6.07) is 11.4. The van der Waals surface area contributed by atoms with Crippen molar-refractivity contribution in [1.82, 2.24) is 14.7 Å². The fourth-order valence-corrected chi connectivity index (χ4v) is 6.85. The van der Waals surface area contributed by atoms with E-state index in [-0.39, 0.29) is 24.0 Å². The van der Waals surface area contributed by atoms with Crippen molar-refractivity contribution in [2.75, 3.05) is 37.2 Å². The van der Waals surface area contributed by atoms with Gasteiger partial charge in [-0.1, -0.05) is 24.6 Å². The SMILES string of the molecule is CS(=O)(=O)Nc1cc([C@@H](O)CNN2CCCC[C@@H]2c2ccc(S(=O)(=O)N3CCCC3)cc2)ccc1O. The molecular weight excluding hydrogens is 504 g/mol. The molecule has 4 rings (SSSR count). The Morgan fingerprint density at radius 1 is 0.972 bits per heavy atom. The lowest BCUT2D eigenvalue weighted by atomic mass is 9.97. The fraction of sp³-hybridized carbons (Fsp3) is 0.500. The molecule has 2 heterocycles. The Balaban J connectivity index is 1.43. The number of hydrazine groups is 1. The number of rotatable bonds is 9. The van der Waals surface area contributed by atoms with Crippen molar-refractivity contribution in [3.05, 3.63) is 53.6 Å². The van der Waals surface area contributed by atoms with Crippen LogP contribution in [0.1, 0.15) is 55.4 Å². The van der Waals surface area contributed by atoms with Crippen molar-refractivity contribution < 1.29 is 27.0 Å². The maximum absolute atomic E-state index is 12.8. The Hall–Kier alpha value is -2.22. The number of aliphatic hydroxyl groups is 1. The number of sulfonamides is 2. The normalized spacial score (nSPS) is 20.9. The minimum absolute atomic E-state index is 0.00821. The van der Waals surface area contributed by atoms with Crippen LogP contribution in [0.3, 0.4) is 0 Å². The van der Waals surface area contributed by atoms with Crippen molar-refractivity contribution in [3.8, 4) is 5.75 Å². The highest BCUT2D eigenvalue weighted by Gasteiger charge is 2.29. The molecule has 2 aliphatic rings. The van der Waals surface area contributed by atoms with Gasteiger partial charge in [0, 0.05) is 32.2 Å². The number of benzene rings is 2. The van der Waals surface area contributed by atoms with Crippen LogP contribution in [0.15, 0.2) is 47.4 Å². The van der Waals surface area contributed by atoms with E-state index in [0.717, 1.165) is 50.5 Å². The quantitative estimate of drug-likeness (QED) is 0.357. The first kappa shape index (κ1) is 26.8. The maximum atomic E-state index is 12.8. The predicted molar refractivity (Wildman–Crippen MR) is 137 cm³/mol. The monoisotopic (exact) mass is 538 g/mol. The lowest BCUT2D eigenvalue weighted by Gasteiger charge is -2.37. The second-order valence-electron chi connectivity index (χ2n) is 9.41. The van der Waals surface area contributed by atoms with Crippen molar-refractivity contribution in [2.24, 2.45) is 0 Å². The van der Waals surface area contributed by atoms with Crippen molar-refractivity contribution in [1.29, 1.82) is 0 Å². The van der Waals surface area contributed by atoms with Gasteiger partial charge in [0.1, 0.15) is 5.75 Å². The molecule has 0 spiro atoms. The number of piperidine rings is 1. The molecule has 198 valence electrons. The number of anilines is 1. The lowest BCUT2D eigenvalue weighted by Crippen LogP contribution is -2.45. The molecule has 0 radical (unpaired) electrons. The van der Waals surface area contributed by atoms with E-state index in [9.17, 15) is 27.0 Å². The Labute approximate surface area is 213 Å². The summed E-state index contributed by atoms with van der Waals surface area (Å²) in [6.45, 7) is 2.09. The number of hydrogen-bond donors (Lipinski definition) is 4. The van der Waals surface area contributed by atoms with Gasteiger partial charge in [0.15, 0.2) is 0 Å². The Bertz CT molecular complexity index is 1260. The zero-order valence-corrected chi connectivity index (χ0v) is 21.9. The summed E-state index contributed by atoms with van der Waals surface area (Å²) in [5.74, 6) is -0.226. The summed E-state index contributed by atoms with van der Waals surface area (Å²) in [6.07, 6.45) is 4.75. The second kappa shape index (κ2) is 11.0. The van der Waals surface area contributed by atoms with Crippen LogP contribution < -0.4 is 10.1 Å². The van der Waals surface area contributed by atoms with Gasteiger partial charge in [-0.15, -0.1) is 0 Å². The zero-order valence-electron chi connectivity index (χ0n) is 20.3. The minimum Gasteiger partial charge on any atom is -0.506 e. The molecule has 2 fully saturated rings. The van der Waals surface area contributed by atoms with Gasteiger partial charge in [-0.2, -0.15) is 4.31 Å². The zero-order chi connectivity index (χ0) is 25.9. The largest absolute Gasteiger partial charge is 0.506 e. The van der Waals surface area contributed by atoms with E-state index in [1.807, 2.05) is 12.1 Å². The number of nitrogens with one attached hydrogen (secondary N) is 2. The minimum atomic E-state index is -3.58. The van der Waals surface area contributed by atoms with Gasteiger partial charge < -0.3 is 10.2 Å². The summed E-state index contributed by atoms with van der Waals surface area (Å²) in [7, 11) is -7.04. The number of aliphatic hydroxyl groups excluding tert-OH is 1. The first-order valence-electron chi connectivity index (χ1n) is 12.1. The number of hydrogen-bond acceptors (Lipinski definition) is 8. The van der Waals surface area contributed by atoms with Crippen LogP contribution >= 0.6 is 0 Å². The molecule has 12 heteroatoms. The molecule has 2 saturated heterocycles. The molecule has 0 bridgehead atoms. The Kier molecular flexibility index (Phi) is 8.22. The molecule has 2 atom stereocenters. The van der Waals surface area contributed by atoms with Crippen molar-refractivity contribution >= 4 is 25.7 Å². The third kappa shape index (κ3) is 6.36. The van der Waals surface area contributed by atoms with Crippen LogP contribution in [0, 0.1) is 0 Å². The van der Waals surface area contributed by atoms with Crippen LogP contribution in [0.25, 0.3) is 0 Å². The van der Waals surface area contributed by atoms with Crippen molar-refractivity contribution in [2.45, 2.75) is 49.1 Å². The topological polar surface area (TPSA) is 139 Å². The molecule has 2 aromatic carbocycles. The van der Waals surface area contributed by atoms with Crippen LogP contribution in [-0.2, 0) is 20.0 Å². The van der Waals surface area contributed by atoms with Gasteiger partial charge in [0.05, 0.1) is 22.9 Å². The Morgan fingerprint density at radius 2 is 1.64 bits per heavy atom. The molecule has 2 aliphatic heterocycles. The Morgan fingerprint density at radius 3 is 2.31 bits per heavy atom. The van der Waals surface area contributed by atoms with E-state index >= 15 is 0 Å². The summed E-state index contributed by atoms with van der Waals surface area (Å²) in [5.41, 5.74) is 4.76. The molecule has 2 aromatic rings. The molecule has 4 N–H and O–H groups in total. The summed E-state index contributed by atoms with van der Waals surface area (Å²) in [5, 5.41) is 22.7. The molecular formula is C24H34N4O6S2. The molecule has 10 nitrogen and oxygen atoms in total. The fourth-order valence-electron chi connectivity index (χ4n) is 4.77. The standard InChI is InChI=1S/C24H34N4O6S2/c1-35(31,32)26-21-16-19(9-12-23(21)29)24(30)17-25-28-15-3-2-6-22(28)18-7-10-20(11-8-18)36(33,34)27-13-4-5-14-27/h7-12,16,22,24-26,29-30H,2-6,13-15,17H2,1H3/t22-,24+/m1/s1. The number of nitrogens with zero attached hydrogens (tertiary/aromatic N) is 2. The van der Waals surface area contributed by atoms with Crippen LogP contribution in [0.5, 0.6) is 5.75 Å². The number of phenols is 1. The van der Waals surface area contributed by atoms with Crippen LogP contribution in [-0.4, -0.2) is 68.8 Å². The van der Waals surface area contributed by atoms with Crippen molar-refractivity contribution in [3.63, 3.8) is 0 Å². The van der Waals surface area contributed by atoms with Gasteiger partial charge in [-0.25, -0.2) is 21.8 Å². The van der Waals surface area contributed by atoms with Crippen LogP contribution in [0.4, 0.5) is 5.69 Å². The first-order valence-corrected chi connectivity index (χ1v) is 15.5. The lowest BCUT2D eigenvalue weighted by molar-refractivity contribution is 0.0565. The van der Waals surface area contributed by atoms with Gasteiger partial charge >= 0.3 is 0 Å². The van der Waals surface area contributed by atoms with E-state index in [0.29, 0.717) is 23.5 Å². The van der Waals surface area contributed by atoms with Gasteiger partial charge in [-0.3, -0.25) is 10.1 Å². The van der Waals surface area contributed by atoms with Crippen LogP contribution in [0.2, 0.25) is 0 Å². The third-order valence-corrected chi connectivity index (χ3v) is 9.16. The van der Waals surface area contributed by atoms with E-state index in [4.69, 9.17) is 0 Å². The first-order chi connectivity index (χ1) is 17.0. The maximum Gasteiger partial charge on any atom is 0.243 e. The summed E-state index contributed by atoms with van der Waals surface area (Å²) < 4.78 is 52.6. The smallest absolute Gasteiger partial charge is 0.243 e. The van der Waals surface area contributed by atoms with Gasteiger partial charge in [0.2, 0.25) is 20.0 Å². The highest BCUT2D eigenvalue weighted by Crippen LogP contribution is 2.32. The molecule has 0 aliphatic carbocycles. The highest BCUT2D eigenvalue weighted by molar-refractivity contribution is 7.92. The predicted octanol–water partition coefficient (Wildman–Crippen LogP) is 2.31. The summed E-state index contributed by atoms with van der Waals surface area (Å²) >= 11 is 0. The second-order valence-corrected chi connectivity index (χ2v) is 13.1. The summed E-state index contributed by atoms with van der Waals surface area (Å²) in [4.78, 5) is 0.310. The van der Waals surface area contributed by atoms with E-state index in [1.54, 1.807) is 18.2 Å². The average Bonchev–Trinajstić information content (AvgIpc) is 3.39. The van der Waals surface area contributed by atoms with E-state index in [1.165, 1.54) is 16.4 Å². The van der Waals surface area contributed by atoms with Gasteiger partial charge in [-0.05, 0) is 61.1 Å².